The summed E-state index contributed by atoms with van der Waals surface area (Å²) in [5.41, 5.74) is -0.225. The second-order valence-electron chi connectivity index (χ2n) is 5.90. The first kappa shape index (κ1) is 12.7. The van der Waals surface area contributed by atoms with E-state index >= 15 is 0 Å². The Morgan fingerprint density at radius 1 is 1.53 bits per heavy atom. The first-order chi connectivity index (χ1) is 8.98. The van der Waals surface area contributed by atoms with Crippen LogP contribution in [-0.4, -0.2) is 15.2 Å². The van der Waals surface area contributed by atoms with Gasteiger partial charge in [-0.15, -0.1) is 0 Å². The van der Waals surface area contributed by atoms with Crippen molar-refractivity contribution in [2.45, 2.75) is 51.9 Å². The molecule has 0 radical (unpaired) electrons. The molecule has 104 valence electrons. The molecule has 1 saturated carbocycles. The highest BCUT2D eigenvalue weighted by atomic mass is 16.5. The summed E-state index contributed by atoms with van der Waals surface area (Å²) in [4.78, 5) is 25.8. The summed E-state index contributed by atoms with van der Waals surface area (Å²) in [6.45, 7) is 6.06. The van der Waals surface area contributed by atoms with E-state index in [2.05, 4.69) is 18.8 Å². The van der Waals surface area contributed by atoms with Gasteiger partial charge in [-0.25, -0.2) is 4.79 Å². The first-order valence-corrected chi connectivity index (χ1v) is 6.98. The summed E-state index contributed by atoms with van der Waals surface area (Å²) in [5, 5.41) is 0. The van der Waals surface area contributed by atoms with Crippen LogP contribution in [0.1, 0.15) is 44.9 Å². The second kappa shape index (κ2) is 4.07. The average molecular weight is 264 g/mol. The number of ether oxygens (including phenoxy) is 1. The molecular weight excluding hydrogens is 244 g/mol. The summed E-state index contributed by atoms with van der Waals surface area (Å²) in [6.07, 6.45) is 4.53. The van der Waals surface area contributed by atoms with Gasteiger partial charge < -0.3 is 4.74 Å². The summed E-state index contributed by atoms with van der Waals surface area (Å²) in [6, 6.07) is 0. The van der Waals surface area contributed by atoms with Crippen LogP contribution in [0.3, 0.4) is 0 Å². The van der Waals surface area contributed by atoms with Crippen LogP contribution in [0.15, 0.2) is 15.8 Å². The Labute approximate surface area is 111 Å². The smallest absolute Gasteiger partial charge is 0.330 e. The van der Waals surface area contributed by atoms with Gasteiger partial charge in [0.2, 0.25) is 0 Å². The third kappa shape index (κ3) is 1.64. The summed E-state index contributed by atoms with van der Waals surface area (Å²) in [7, 11) is 0. The van der Waals surface area contributed by atoms with Crippen molar-refractivity contribution in [1.82, 2.24) is 9.55 Å². The van der Waals surface area contributed by atoms with Crippen LogP contribution in [0.5, 0.6) is 0 Å². The number of aromatic nitrogens is 2. The lowest BCUT2D eigenvalue weighted by molar-refractivity contribution is -0.113. The molecule has 5 nitrogen and oxygen atoms in total. The van der Waals surface area contributed by atoms with E-state index in [0.717, 1.165) is 19.3 Å². The molecule has 1 N–H and O–H groups in total. The van der Waals surface area contributed by atoms with Crippen molar-refractivity contribution in [3.8, 4) is 0 Å². The van der Waals surface area contributed by atoms with Crippen molar-refractivity contribution in [2.24, 2.45) is 11.8 Å². The Morgan fingerprint density at radius 2 is 2.26 bits per heavy atom. The van der Waals surface area contributed by atoms with Crippen LogP contribution in [0.25, 0.3) is 0 Å². The van der Waals surface area contributed by atoms with E-state index in [1.807, 2.05) is 0 Å². The summed E-state index contributed by atoms with van der Waals surface area (Å²) < 4.78 is 7.78. The molecule has 2 heterocycles. The molecule has 2 fully saturated rings. The van der Waals surface area contributed by atoms with Crippen LogP contribution in [0.4, 0.5) is 0 Å². The van der Waals surface area contributed by atoms with E-state index in [-0.39, 0.29) is 23.1 Å². The second-order valence-corrected chi connectivity index (χ2v) is 5.90. The maximum Gasteiger partial charge on any atom is 0.330 e. The van der Waals surface area contributed by atoms with E-state index in [9.17, 15) is 9.59 Å². The van der Waals surface area contributed by atoms with Gasteiger partial charge in [0.25, 0.3) is 5.56 Å². The van der Waals surface area contributed by atoms with Gasteiger partial charge in [-0.3, -0.25) is 14.3 Å². The van der Waals surface area contributed by atoms with Crippen LogP contribution >= 0.6 is 0 Å². The number of fused-ring (bicyclic) bond motifs is 2. The predicted molar refractivity (Wildman–Crippen MR) is 71.1 cm³/mol. The number of H-pyrrole nitrogens is 1. The molecular formula is C14H20N2O3. The Bertz CT molecular complexity index is 618. The monoisotopic (exact) mass is 264 g/mol. The van der Waals surface area contributed by atoms with Gasteiger partial charge in [0.1, 0.15) is 6.23 Å². The number of rotatable bonds is 2. The fraction of sp³-hybridized carbons (Fsp3) is 0.714. The quantitative estimate of drug-likeness (QED) is 0.881. The highest BCUT2D eigenvalue weighted by molar-refractivity contribution is 5.07. The molecule has 4 atom stereocenters. The standard InChI is InChI=1S/C14H20N2O3/c1-4-14-6-5-10(9(14)3)12(19-14)16-7-8(2)11(17)15-13(16)18/h7,9-10,12H,4-6H2,1-3H3,(H,15,17,18)/t9-,10+,12+,14-/m0/s1. The van der Waals surface area contributed by atoms with Crippen molar-refractivity contribution in [3.63, 3.8) is 0 Å². The topological polar surface area (TPSA) is 64.1 Å². The van der Waals surface area contributed by atoms with Crippen molar-refractivity contribution < 1.29 is 4.74 Å². The molecule has 0 unspecified atom stereocenters. The Balaban J connectivity index is 2.04. The van der Waals surface area contributed by atoms with E-state index in [1.54, 1.807) is 17.7 Å². The van der Waals surface area contributed by atoms with Crippen molar-refractivity contribution >= 4 is 0 Å². The van der Waals surface area contributed by atoms with Gasteiger partial charge in [-0.1, -0.05) is 13.8 Å². The third-order valence-electron chi connectivity index (χ3n) is 5.11. The van der Waals surface area contributed by atoms with Crippen LogP contribution in [0.2, 0.25) is 0 Å². The maximum atomic E-state index is 12.0. The minimum atomic E-state index is -0.369. The predicted octanol–water partition coefficient (Wildman–Crippen LogP) is 1.57. The van der Waals surface area contributed by atoms with Gasteiger partial charge in [0.05, 0.1) is 5.60 Å². The first-order valence-electron chi connectivity index (χ1n) is 6.98. The van der Waals surface area contributed by atoms with Crippen molar-refractivity contribution in [2.75, 3.05) is 0 Å². The summed E-state index contributed by atoms with van der Waals surface area (Å²) >= 11 is 0. The normalized spacial score (nSPS) is 36.9. The van der Waals surface area contributed by atoms with Gasteiger partial charge in [-0.2, -0.15) is 0 Å². The Kier molecular flexibility index (Phi) is 2.71. The zero-order valence-corrected chi connectivity index (χ0v) is 11.6. The molecule has 1 aromatic rings. The average Bonchev–Trinajstić information content (AvgIpc) is 2.85. The van der Waals surface area contributed by atoms with Gasteiger partial charge in [0, 0.05) is 17.7 Å². The fourth-order valence-corrected chi connectivity index (χ4v) is 3.78. The number of hydrogen-bond donors (Lipinski definition) is 1. The SMILES string of the molecule is CC[C@@]12CC[C@@H]([C@H](n3cc(C)c(=O)[nH]c3=O)O1)[C@@H]2C. The zero-order chi connectivity index (χ0) is 13.8. The molecule has 0 aromatic carbocycles. The van der Waals surface area contributed by atoms with Gasteiger partial charge in [0.15, 0.2) is 0 Å². The molecule has 3 rings (SSSR count). The zero-order valence-electron chi connectivity index (χ0n) is 11.6. The minimum Gasteiger partial charge on any atom is -0.351 e. The summed E-state index contributed by atoms with van der Waals surface area (Å²) in [5.74, 6) is 0.824. The molecule has 1 aliphatic carbocycles. The van der Waals surface area contributed by atoms with Crippen molar-refractivity contribution in [1.29, 1.82) is 0 Å². The molecule has 0 amide bonds. The number of aromatic amines is 1. The maximum absolute atomic E-state index is 12.0. The Morgan fingerprint density at radius 3 is 2.89 bits per heavy atom. The number of aryl methyl sites for hydroxylation is 1. The lowest BCUT2D eigenvalue weighted by atomic mass is 9.88. The largest absolute Gasteiger partial charge is 0.351 e. The van der Waals surface area contributed by atoms with Crippen LogP contribution in [0, 0.1) is 18.8 Å². The number of hydrogen-bond acceptors (Lipinski definition) is 3. The third-order valence-corrected chi connectivity index (χ3v) is 5.11. The lowest BCUT2D eigenvalue weighted by Gasteiger charge is -2.31. The highest BCUT2D eigenvalue weighted by Crippen LogP contribution is 2.57. The Hall–Kier alpha value is -1.36. The molecule has 2 aliphatic rings. The molecule has 2 bridgehead atoms. The highest BCUT2D eigenvalue weighted by Gasteiger charge is 2.57. The van der Waals surface area contributed by atoms with E-state index in [0.29, 0.717) is 17.4 Å². The molecule has 19 heavy (non-hydrogen) atoms. The fourth-order valence-electron chi connectivity index (χ4n) is 3.78. The van der Waals surface area contributed by atoms with Crippen LogP contribution < -0.4 is 11.2 Å². The molecule has 5 heteroatoms. The molecule has 1 aromatic heterocycles. The number of nitrogens with one attached hydrogen (secondary N) is 1. The molecule has 1 aliphatic heterocycles. The van der Waals surface area contributed by atoms with Crippen LogP contribution in [-0.2, 0) is 4.74 Å². The van der Waals surface area contributed by atoms with E-state index < -0.39 is 0 Å². The molecule has 1 saturated heterocycles. The van der Waals surface area contributed by atoms with Crippen molar-refractivity contribution in [3.05, 3.63) is 32.6 Å². The van der Waals surface area contributed by atoms with Gasteiger partial charge in [-0.05, 0) is 32.1 Å². The lowest BCUT2D eigenvalue weighted by Crippen LogP contribution is -2.37. The van der Waals surface area contributed by atoms with E-state index in [4.69, 9.17) is 4.74 Å². The minimum absolute atomic E-state index is 0.0845. The molecule has 0 spiro atoms. The number of nitrogens with zero attached hydrogens (tertiary/aromatic N) is 1. The van der Waals surface area contributed by atoms with Gasteiger partial charge >= 0.3 is 5.69 Å². The van der Waals surface area contributed by atoms with E-state index in [1.165, 1.54) is 0 Å².